The summed E-state index contributed by atoms with van der Waals surface area (Å²) in [6.07, 6.45) is 1.70. The van der Waals surface area contributed by atoms with Crippen LogP contribution in [0.1, 0.15) is 24.6 Å². The molecular formula is C16H19N3O. The molecule has 1 unspecified atom stereocenters. The Hall–Kier alpha value is -2.07. The second-order valence-corrected chi connectivity index (χ2v) is 5.08. The molecule has 20 heavy (non-hydrogen) atoms. The second-order valence-electron chi connectivity index (χ2n) is 5.08. The molecule has 0 fully saturated rings. The molecule has 3 rings (SSSR count). The van der Waals surface area contributed by atoms with E-state index in [4.69, 9.17) is 4.42 Å². The van der Waals surface area contributed by atoms with Gasteiger partial charge in [0.2, 0.25) is 0 Å². The molecule has 0 saturated heterocycles. The van der Waals surface area contributed by atoms with E-state index in [0.29, 0.717) is 6.04 Å². The van der Waals surface area contributed by atoms with E-state index in [2.05, 4.69) is 46.9 Å². The molecule has 0 spiro atoms. The SMILES string of the molecule is Cc1nc2ccccc2n1C(C)CNCc1ccco1. The van der Waals surface area contributed by atoms with E-state index < -0.39 is 0 Å². The molecule has 4 nitrogen and oxygen atoms in total. The van der Waals surface area contributed by atoms with Crippen LogP contribution in [0.5, 0.6) is 0 Å². The normalized spacial score (nSPS) is 12.9. The van der Waals surface area contributed by atoms with Crippen LogP contribution in [-0.2, 0) is 6.54 Å². The fraction of sp³-hybridized carbons (Fsp3) is 0.312. The Kier molecular flexibility index (Phi) is 3.56. The maximum absolute atomic E-state index is 5.32. The molecule has 1 aromatic carbocycles. The van der Waals surface area contributed by atoms with Gasteiger partial charge in [-0.25, -0.2) is 4.98 Å². The number of benzene rings is 1. The summed E-state index contributed by atoms with van der Waals surface area (Å²) in [4.78, 5) is 4.61. The van der Waals surface area contributed by atoms with Crippen LogP contribution in [0.3, 0.4) is 0 Å². The first kappa shape index (κ1) is 12.9. The van der Waals surface area contributed by atoms with Gasteiger partial charge in [0.15, 0.2) is 0 Å². The monoisotopic (exact) mass is 269 g/mol. The minimum atomic E-state index is 0.345. The zero-order valence-electron chi connectivity index (χ0n) is 11.8. The predicted octanol–water partition coefficient (Wildman–Crippen LogP) is 3.29. The highest BCUT2D eigenvalue weighted by molar-refractivity contribution is 5.76. The van der Waals surface area contributed by atoms with Crippen molar-refractivity contribution in [2.24, 2.45) is 0 Å². The maximum Gasteiger partial charge on any atom is 0.117 e. The summed E-state index contributed by atoms with van der Waals surface area (Å²) in [5.74, 6) is 2.02. The Morgan fingerprint density at radius 2 is 2.10 bits per heavy atom. The van der Waals surface area contributed by atoms with Gasteiger partial charge in [-0.15, -0.1) is 0 Å². The number of aromatic nitrogens is 2. The molecule has 104 valence electrons. The van der Waals surface area contributed by atoms with Gasteiger partial charge in [0.25, 0.3) is 0 Å². The summed E-state index contributed by atoms with van der Waals surface area (Å²) in [6, 6.07) is 12.5. The van der Waals surface area contributed by atoms with Crippen LogP contribution in [0, 0.1) is 6.92 Å². The number of nitrogens with zero attached hydrogens (tertiary/aromatic N) is 2. The summed E-state index contributed by atoms with van der Waals surface area (Å²) in [5.41, 5.74) is 2.25. The van der Waals surface area contributed by atoms with Gasteiger partial charge < -0.3 is 14.3 Å². The summed E-state index contributed by atoms with van der Waals surface area (Å²) in [7, 11) is 0. The number of hydrogen-bond acceptors (Lipinski definition) is 3. The number of imidazole rings is 1. The Balaban J connectivity index is 1.72. The Morgan fingerprint density at radius 3 is 2.90 bits per heavy atom. The standard InChI is InChI=1S/C16H19N3O/c1-12(10-17-11-14-6-5-9-20-14)19-13(2)18-15-7-3-4-8-16(15)19/h3-9,12,17H,10-11H2,1-2H3. The van der Waals surface area contributed by atoms with Gasteiger partial charge in [0.1, 0.15) is 11.6 Å². The van der Waals surface area contributed by atoms with Gasteiger partial charge in [-0.05, 0) is 38.1 Å². The summed E-state index contributed by atoms with van der Waals surface area (Å²) >= 11 is 0. The van der Waals surface area contributed by atoms with Gasteiger partial charge in [-0.3, -0.25) is 0 Å². The smallest absolute Gasteiger partial charge is 0.117 e. The van der Waals surface area contributed by atoms with E-state index >= 15 is 0 Å². The lowest BCUT2D eigenvalue weighted by molar-refractivity contribution is 0.448. The van der Waals surface area contributed by atoms with Crippen molar-refractivity contribution < 1.29 is 4.42 Å². The summed E-state index contributed by atoms with van der Waals surface area (Å²) in [6.45, 7) is 5.89. The fourth-order valence-electron chi connectivity index (χ4n) is 2.63. The quantitative estimate of drug-likeness (QED) is 0.773. The number of fused-ring (bicyclic) bond motifs is 1. The number of hydrogen-bond donors (Lipinski definition) is 1. The minimum Gasteiger partial charge on any atom is -0.468 e. The lowest BCUT2D eigenvalue weighted by Gasteiger charge is -2.17. The van der Waals surface area contributed by atoms with Crippen molar-refractivity contribution in [3.8, 4) is 0 Å². The van der Waals surface area contributed by atoms with Crippen LogP contribution in [-0.4, -0.2) is 16.1 Å². The van der Waals surface area contributed by atoms with E-state index in [1.807, 2.05) is 18.2 Å². The van der Waals surface area contributed by atoms with Crippen molar-refractivity contribution >= 4 is 11.0 Å². The molecule has 3 aromatic rings. The van der Waals surface area contributed by atoms with Crippen LogP contribution in [0.2, 0.25) is 0 Å². The number of nitrogens with one attached hydrogen (secondary N) is 1. The van der Waals surface area contributed by atoms with E-state index in [-0.39, 0.29) is 0 Å². The lowest BCUT2D eigenvalue weighted by Crippen LogP contribution is -2.23. The van der Waals surface area contributed by atoms with E-state index in [9.17, 15) is 0 Å². The molecule has 0 saturated carbocycles. The number of rotatable bonds is 5. The van der Waals surface area contributed by atoms with Crippen LogP contribution in [0.4, 0.5) is 0 Å². The van der Waals surface area contributed by atoms with Crippen molar-refractivity contribution in [3.63, 3.8) is 0 Å². The molecular weight excluding hydrogens is 250 g/mol. The first-order valence-corrected chi connectivity index (χ1v) is 6.92. The topological polar surface area (TPSA) is 43.0 Å². The molecule has 2 heterocycles. The van der Waals surface area contributed by atoms with Crippen LogP contribution in [0.25, 0.3) is 11.0 Å². The summed E-state index contributed by atoms with van der Waals surface area (Å²) < 4.78 is 7.60. The molecule has 1 atom stereocenters. The molecule has 1 N–H and O–H groups in total. The van der Waals surface area contributed by atoms with Crippen molar-refractivity contribution in [3.05, 3.63) is 54.2 Å². The fourth-order valence-corrected chi connectivity index (χ4v) is 2.63. The number of furan rings is 1. The van der Waals surface area contributed by atoms with Crippen molar-refractivity contribution in [2.45, 2.75) is 26.4 Å². The molecule has 0 radical (unpaired) electrons. The maximum atomic E-state index is 5.32. The van der Waals surface area contributed by atoms with Gasteiger partial charge >= 0.3 is 0 Å². The van der Waals surface area contributed by atoms with Gasteiger partial charge in [-0.1, -0.05) is 12.1 Å². The third kappa shape index (κ3) is 2.47. The third-order valence-corrected chi connectivity index (χ3v) is 3.53. The number of para-hydroxylation sites is 2. The van der Waals surface area contributed by atoms with Crippen LogP contribution < -0.4 is 5.32 Å². The predicted molar refractivity (Wildman–Crippen MR) is 79.6 cm³/mol. The number of aryl methyl sites for hydroxylation is 1. The van der Waals surface area contributed by atoms with Gasteiger partial charge in [0, 0.05) is 12.6 Å². The zero-order valence-corrected chi connectivity index (χ0v) is 11.8. The zero-order chi connectivity index (χ0) is 13.9. The molecule has 4 heteroatoms. The van der Waals surface area contributed by atoms with E-state index in [1.54, 1.807) is 6.26 Å². The first-order chi connectivity index (χ1) is 9.75. The van der Waals surface area contributed by atoms with Crippen molar-refractivity contribution in [2.75, 3.05) is 6.54 Å². The van der Waals surface area contributed by atoms with E-state index in [1.165, 1.54) is 5.52 Å². The second kappa shape index (κ2) is 5.51. The Morgan fingerprint density at radius 1 is 1.25 bits per heavy atom. The highest BCUT2D eigenvalue weighted by Gasteiger charge is 2.12. The largest absolute Gasteiger partial charge is 0.468 e. The third-order valence-electron chi connectivity index (χ3n) is 3.53. The van der Waals surface area contributed by atoms with Gasteiger partial charge in [-0.2, -0.15) is 0 Å². The highest BCUT2D eigenvalue weighted by atomic mass is 16.3. The molecule has 0 amide bonds. The van der Waals surface area contributed by atoms with Gasteiger partial charge in [0.05, 0.1) is 23.8 Å². The Bertz CT molecular complexity index is 685. The molecule has 0 aliphatic rings. The summed E-state index contributed by atoms with van der Waals surface area (Å²) in [5, 5.41) is 3.43. The van der Waals surface area contributed by atoms with Crippen molar-refractivity contribution in [1.82, 2.24) is 14.9 Å². The van der Waals surface area contributed by atoms with Crippen LogP contribution >= 0.6 is 0 Å². The molecule has 0 bridgehead atoms. The molecule has 0 aliphatic carbocycles. The first-order valence-electron chi connectivity index (χ1n) is 6.92. The minimum absolute atomic E-state index is 0.345. The Labute approximate surface area is 118 Å². The molecule has 2 aromatic heterocycles. The van der Waals surface area contributed by atoms with Crippen molar-refractivity contribution in [1.29, 1.82) is 0 Å². The lowest BCUT2D eigenvalue weighted by atomic mass is 10.2. The van der Waals surface area contributed by atoms with Crippen LogP contribution in [0.15, 0.2) is 47.1 Å². The average molecular weight is 269 g/mol. The van der Waals surface area contributed by atoms with E-state index in [0.717, 1.165) is 30.2 Å². The average Bonchev–Trinajstić information content (AvgIpc) is 3.04. The molecule has 0 aliphatic heterocycles. The highest BCUT2D eigenvalue weighted by Crippen LogP contribution is 2.20.